The molecule has 0 aliphatic rings. The molecule has 0 unspecified atom stereocenters. The predicted octanol–water partition coefficient (Wildman–Crippen LogP) is 5.87. The number of carboxylic acids is 1. The van der Waals surface area contributed by atoms with Gasteiger partial charge in [0.05, 0.1) is 11.3 Å². The Balaban J connectivity index is 1.77. The minimum Gasteiger partial charge on any atom is -0.481 e. The Bertz CT molecular complexity index is 1190. The molecule has 0 radical (unpaired) electrons. The van der Waals surface area contributed by atoms with Crippen LogP contribution in [0.2, 0.25) is 0 Å². The lowest BCUT2D eigenvalue weighted by molar-refractivity contribution is -0.274. The fourth-order valence-corrected chi connectivity index (χ4v) is 4.47. The standard InChI is InChI=1S/C23H18F3NO5S2/c1-2-16-11-18(20(30)13-3-7-15(8-4-13)32-23(24,25)26)22(34-16)27-21(31)14-5-9-17(10-6-14)33-12-19(28)29/h3-11H,2,12H2,1H3,(H,27,31)(H,28,29). The quantitative estimate of drug-likeness (QED) is 0.277. The number of aliphatic carboxylic acids is 1. The summed E-state index contributed by atoms with van der Waals surface area (Å²) < 4.78 is 40.9. The van der Waals surface area contributed by atoms with E-state index in [4.69, 9.17) is 5.11 Å². The third-order valence-corrected chi connectivity index (χ3v) is 6.62. The van der Waals surface area contributed by atoms with E-state index in [0.29, 0.717) is 21.9 Å². The van der Waals surface area contributed by atoms with Crippen molar-refractivity contribution in [2.75, 3.05) is 11.1 Å². The summed E-state index contributed by atoms with van der Waals surface area (Å²) in [4.78, 5) is 38.0. The molecule has 2 aromatic carbocycles. The van der Waals surface area contributed by atoms with Gasteiger partial charge in [0.2, 0.25) is 0 Å². The Morgan fingerprint density at radius 3 is 2.21 bits per heavy atom. The lowest BCUT2D eigenvalue weighted by Crippen LogP contribution is -2.17. The number of alkyl halides is 3. The number of carboxylic acid groups (broad SMARTS) is 1. The first-order chi connectivity index (χ1) is 16.1. The highest BCUT2D eigenvalue weighted by Gasteiger charge is 2.31. The number of hydrogen-bond acceptors (Lipinski definition) is 6. The number of ketones is 1. The van der Waals surface area contributed by atoms with Crippen molar-refractivity contribution in [2.24, 2.45) is 0 Å². The van der Waals surface area contributed by atoms with Crippen molar-refractivity contribution >= 4 is 45.8 Å². The number of hydrogen-bond donors (Lipinski definition) is 2. The number of amides is 1. The Morgan fingerprint density at radius 2 is 1.65 bits per heavy atom. The number of aryl methyl sites for hydroxylation is 1. The Hall–Kier alpha value is -3.31. The molecular formula is C23H18F3NO5S2. The predicted molar refractivity (Wildman–Crippen MR) is 123 cm³/mol. The molecule has 1 aromatic heterocycles. The van der Waals surface area contributed by atoms with Gasteiger partial charge in [0, 0.05) is 20.9 Å². The second kappa shape index (κ2) is 10.7. The topological polar surface area (TPSA) is 92.7 Å². The molecule has 178 valence electrons. The van der Waals surface area contributed by atoms with Crippen molar-refractivity contribution in [3.05, 3.63) is 76.2 Å². The maximum absolute atomic E-state index is 13.0. The van der Waals surface area contributed by atoms with E-state index < -0.39 is 29.8 Å². The molecule has 3 rings (SSSR count). The smallest absolute Gasteiger partial charge is 0.481 e. The van der Waals surface area contributed by atoms with Crippen LogP contribution in [0, 0.1) is 0 Å². The van der Waals surface area contributed by atoms with Crippen LogP contribution >= 0.6 is 23.1 Å². The van der Waals surface area contributed by atoms with Gasteiger partial charge in [-0.3, -0.25) is 14.4 Å². The van der Waals surface area contributed by atoms with Crippen molar-refractivity contribution in [1.29, 1.82) is 0 Å². The second-order valence-electron chi connectivity index (χ2n) is 6.87. The van der Waals surface area contributed by atoms with Gasteiger partial charge < -0.3 is 15.2 Å². The maximum atomic E-state index is 13.0. The van der Waals surface area contributed by atoms with Crippen molar-refractivity contribution in [3.63, 3.8) is 0 Å². The molecular weight excluding hydrogens is 491 g/mol. The summed E-state index contributed by atoms with van der Waals surface area (Å²) in [6.45, 7) is 1.89. The van der Waals surface area contributed by atoms with Crippen molar-refractivity contribution < 1.29 is 37.4 Å². The van der Waals surface area contributed by atoms with Gasteiger partial charge in [-0.1, -0.05) is 6.92 Å². The molecule has 0 aliphatic heterocycles. The lowest BCUT2D eigenvalue weighted by atomic mass is 10.0. The van der Waals surface area contributed by atoms with E-state index in [1.165, 1.54) is 23.5 Å². The molecule has 0 saturated carbocycles. The zero-order valence-electron chi connectivity index (χ0n) is 17.6. The van der Waals surface area contributed by atoms with E-state index in [2.05, 4.69) is 10.1 Å². The number of thiophene rings is 1. The fraction of sp³-hybridized carbons (Fsp3) is 0.174. The van der Waals surface area contributed by atoms with E-state index in [9.17, 15) is 27.6 Å². The SMILES string of the molecule is CCc1cc(C(=O)c2ccc(OC(F)(F)F)cc2)c(NC(=O)c2ccc(SCC(=O)O)cc2)s1. The van der Waals surface area contributed by atoms with Gasteiger partial charge in [-0.2, -0.15) is 0 Å². The van der Waals surface area contributed by atoms with Crippen LogP contribution in [0.5, 0.6) is 5.75 Å². The Morgan fingerprint density at radius 1 is 1.03 bits per heavy atom. The second-order valence-corrected chi connectivity index (χ2v) is 9.06. The van der Waals surface area contributed by atoms with Crippen LogP contribution in [0.3, 0.4) is 0 Å². The van der Waals surface area contributed by atoms with Crippen LogP contribution < -0.4 is 10.1 Å². The summed E-state index contributed by atoms with van der Waals surface area (Å²) >= 11 is 2.36. The van der Waals surface area contributed by atoms with E-state index in [1.807, 2.05) is 6.92 Å². The molecule has 0 bridgehead atoms. The number of carbonyl (C=O) groups is 3. The molecule has 0 fully saturated rings. The highest BCUT2D eigenvalue weighted by Crippen LogP contribution is 2.32. The van der Waals surface area contributed by atoms with Gasteiger partial charge in [0.15, 0.2) is 5.78 Å². The minimum absolute atomic E-state index is 0.102. The van der Waals surface area contributed by atoms with Gasteiger partial charge >= 0.3 is 12.3 Å². The summed E-state index contributed by atoms with van der Waals surface area (Å²) in [6, 6.07) is 12.6. The summed E-state index contributed by atoms with van der Waals surface area (Å²) in [7, 11) is 0. The first-order valence-corrected chi connectivity index (χ1v) is 11.6. The van der Waals surface area contributed by atoms with Gasteiger partial charge in [-0.25, -0.2) is 0 Å². The zero-order valence-corrected chi connectivity index (χ0v) is 19.3. The number of halogens is 3. The molecule has 0 atom stereocenters. The first-order valence-electron chi connectivity index (χ1n) is 9.85. The maximum Gasteiger partial charge on any atom is 0.573 e. The first kappa shape index (κ1) is 25.3. The third kappa shape index (κ3) is 6.84. The average molecular weight is 510 g/mol. The van der Waals surface area contributed by atoms with Gasteiger partial charge in [0.1, 0.15) is 10.8 Å². The highest BCUT2D eigenvalue weighted by atomic mass is 32.2. The summed E-state index contributed by atoms with van der Waals surface area (Å²) in [5.41, 5.74) is 0.691. The molecule has 1 amide bonds. The lowest BCUT2D eigenvalue weighted by Gasteiger charge is -2.09. The number of carbonyl (C=O) groups excluding carboxylic acids is 2. The van der Waals surface area contributed by atoms with Gasteiger partial charge in [0.25, 0.3) is 5.91 Å². The van der Waals surface area contributed by atoms with Crippen LogP contribution in [0.25, 0.3) is 0 Å². The Kier molecular flexibility index (Phi) is 8.00. The molecule has 11 heteroatoms. The normalized spacial score (nSPS) is 11.2. The number of ether oxygens (including phenoxy) is 1. The van der Waals surface area contributed by atoms with E-state index in [1.54, 1.807) is 30.3 Å². The molecule has 6 nitrogen and oxygen atoms in total. The molecule has 2 N–H and O–H groups in total. The fourth-order valence-electron chi connectivity index (χ4n) is 2.86. The minimum atomic E-state index is -4.83. The van der Waals surface area contributed by atoms with Crippen molar-refractivity contribution in [3.8, 4) is 5.75 Å². The third-order valence-electron chi connectivity index (χ3n) is 4.43. The van der Waals surface area contributed by atoms with Crippen LogP contribution in [0.15, 0.2) is 59.5 Å². The molecule has 0 spiro atoms. The number of thioether (sulfide) groups is 1. The van der Waals surface area contributed by atoms with E-state index in [-0.39, 0.29) is 16.9 Å². The summed E-state index contributed by atoms with van der Waals surface area (Å²) in [5, 5.41) is 11.8. The van der Waals surface area contributed by atoms with E-state index >= 15 is 0 Å². The summed E-state index contributed by atoms with van der Waals surface area (Å²) in [6.07, 6.45) is -4.21. The summed E-state index contributed by atoms with van der Waals surface area (Å²) in [5.74, 6) is -2.40. The monoisotopic (exact) mass is 509 g/mol. The van der Waals surface area contributed by atoms with Crippen LogP contribution in [0.4, 0.5) is 18.2 Å². The number of anilines is 1. The molecule has 1 heterocycles. The van der Waals surface area contributed by atoms with Crippen LogP contribution in [-0.2, 0) is 11.2 Å². The number of rotatable bonds is 9. The Labute approximate surface area is 200 Å². The molecule has 0 aliphatic carbocycles. The van der Waals surface area contributed by atoms with Gasteiger partial charge in [-0.15, -0.1) is 36.3 Å². The molecule has 34 heavy (non-hydrogen) atoms. The number of nitrogens with one attached hydrogen (secondary N) is 1. The zero-order chi connectivity index (χ0) is 24.9. The van der Waals surface area contributed by atoms with E-state index in [0.717, 1.165) is 28.8 Å². The largest absolute Gasteiger partial charge is 0.573 e. The van der Waals surface area contributed by atoms with Crippen LogP contribution in [-0.4, -0.2) is 34.9 Å². The number of benzene rings is 2. The molecule has 3 aromatic rings. The van der Waals surface area contributed by atoms with Gasteiger partial charge in [-0.05, 0) is 61.0 Å². The van der Waals surface area contributed by atoms with Crippen LogP contribution in [0.1, 0.15) is 38.1 Å². The highest BCUT2D eigenvalue weighted by molar-refractivity contribution is 8.00. The van der Waals surface area contributed by atoms with Crippen molar-refractivity contribution in [2.45, 2.75) is 24.6 Å². The van der Waals surface area contributed by atoms with Crippen molar-refractivity contribution in [1.82, 2.24) is 0 Å². The average Bonchev–Trinajstić information content (AvgIpc) is 3.19. The molecule has 0 saturated heterocycles.